The Morgan fingerprint density at radius 3 is 2.61 bits per heavy atom. The van der Waals surface area contributed by atoms with Crippen molar-refractivity contribution in [3.63, 3.8) is 0 Å². The van der Waals surface area contributed by atoms with Gasteiger partial charge >= 0.3 is 5.91 Å². The number of benzene rings is 3. The number of aromatic nitrogens is 1. The van der Waals surface area contributed by atoms with Crippen LogP contribution in [0.25, 0.3) is 16.0 Å². The summed E-state index contributed by atoms with van der Waals surface area (Å²) in [6, 6.07) is 15.7. The van der Waals surface area contributed by atoms with E-state index in [9.17, 15) is 14.7 Å². The first-order valence-electron chi connectivity index (χ1n) is 10.8. The molecule has 4 aromatic rings. The zero-order valence-electron chi connectivity index (χ0n) is 18.7. The Labute approximate surface area is 225 Å². The Morgan fingerprint density at radius 2 is 1.86 bits per heavy atom. The van der Waals surface area contributed by atoms with Crippen molar-refractivity contribution in [2.24, 2.45) is 0 Å². The van der Waals surface area contributed by atoms with Crippen LogP contribution in [0.4, 0.5) is 5.13 Å². The van der Waals surface area contributed by atoms with Crippen LogP contribution in [-0.2, 0) is 9.59 Å². The lowest BCUT2D eigenvalue weighted by molar-refractivity contribution is -0.132. The smallest absolute Gasteiger partial charge is 0.301 e. The molecular formula is C26H17Cl3N2O4S. The Balaban J connectivity index is 1.73. The zero-order valence-corrected chi connectivity index (χ0v) is 21.8. The van der Waals surface area contributed by atoms with Crippen LogP contribution in [0.15, 0.2) is 66.2 Å². The van der Waals surface area contributed by atoms with Gasteiger partial charge in [0.2, 0.25) is 0 Å². The lowest BCUT2D eigenvalue weighted by atomic mass is 9.95. The fraction of sp³-hybridized carbons (Fsp3) is 0.115. The number of carbonyl (C=O) groups excluding carboxylic acids is 2. The highest BCUT2D eigenvalue weighted by atomic mass is 35.5. The van der Waals surface area contributed by atoms with Crippen molar-refractivity contribution < 1.29 is 19.4 Å². The highest BCUT2D eigenvalue weighted by Crippen LogP contribution is 2.45. The standard InChI is InChI=1S/C26H17Cl3N2O4S/c1-2-35-16-5-3-4-14(10-16)23(32)21-22(13-6-8-17(28)18(29)11-13)31(25(34)24(21)33)26-30-19-9-7-15(27)12-20(19)36-26/h3-12,22,32H,2H2,1H3. The van der Waals surface area contributed by atoms with Gasteiger partial charge in [0.25, 0.3) is 5.78 Å². The molecule has 182 valence electrons. The molecule has 3 aromatic carbocycles. The van der Waals surface area contributed by atoms with Gasteiger partial charge in [-0.25, -0.2) is 4.98 Å². The minimum absolute atomic E-state index is 0.0932. The summed E-state index contributed by atoms with van der Waals surface area (Å²) in [6.45, 7) is 2.27. The number of amides is 1. The monoisotopic (exact) mass is 558 g/mol. The fourth-order valence-electron chi connectivity index (χ4n) is 4.07. The fourth-order valence-corrected chi connectivity index (χ4v) is 5.65. The van der Waals surface area contributed by atoms with Crippen LogP contribution in [0.2, 0.25) is 15.1 Å². The van der Waals surface area contributed by atoms with Gasteiger partial charge in [-0.2, -0.15) is 0 Å². The number of hydrogen-bond donors (Lipinski definition) is 1. The quantitative estimate of drug-likeness (QED) is 0.158. The predicted molar refractivity (Wildman–Crippen MR) is 143 cm³/mol. The number of aliphatic hydroxyl groups excluding tert-OH is 1. The Kier molecular flexibility index (Phi) is 6.66. The minimum Gasteiger partial charge on any atom is -0.507 e. The van der Waals surface area contributed by atoms with Crippen LogP contribution < -0.4 is 9.64 Å². The van der Waals surface area contributed by atoms with Crippen molar-refractivity contribution in [3.8, 4) is 5.75 Å². The second-order valence-electron chi connectivity index (χ2n) is 7.91. The third kappa shape index (κ3) is 4.33. The lowest BCUT2D eigenvalue weighted by Gasteiger charge is -2.23. The summed E-state index contributed by atoms with van der Waals surface area (Å²) in [5.41, 5.74) is 1.35. The van der Waals surface area contributed by atoms with Crippen molar-refractivity contribution in [1.29, 1.82) is 0 Å². The van der Waals surface area contributed by atoms with E-state index in [0.29, 0.717) is 39.0 Å². The molecule has 1 aromatic heterocycles. The average molecular weight is 560 g/mol. The maximum Gasteiger partial charge on any atom is 0.301 e. The molecule has 0 spiro atoms. The van der Waals surface area contributed by atoms with Crippen LogP contribution in [0, 0.1) is 0 Å². The molecule has 0 radical (unpaired) electrons. The number of aliphatic hydroxyl groups is 1. The maximum atomic E-state index is 13.4. The number of carbonyl (C=O) groups is 2. The van der Waals surface area contributed by atoms with Crippen LogP contribution in [0.1, 0.15) is 24.1 Å². The highest BCUT2D eigenvalue weighted by Gasteiger charge is 2.48. The number of thiazole rings is 1. The van der Waals surface area contributed by atoms with E-state index in [1.165, 1.54) is 16.2 Å². The van der Waals surface area contributed by atoms with Crippen molar-refractivity contribution in [1.82, 2.24) is 4.98 Å². The SMILES string of the molecule is CCOc1cccc(C(O)=C2C(=O)C(=O)N(c3nc4ccc(Cl)cc4s3)C2c2ccc(Cl)c(Cl)c2)c1. The first-order chi connectivity index (χ1) is 17.3. The number of ketones is 1. The third-order valence-electron chi connectivity index (χ3n) is 5.67. The number of rotatable bonds is 5. The van der Waals surface area contributed by atoms with E-state index in [4.69, 9.17) is 39.5 Å². The van der Waals surface area contributed by atoms with Gasteiger partial charge in [0, 0.05) is 10.6 Å². The molecule has 0 saturated carbocycles. The van der Waals surface area contributed by atoms with Crippen molar-refractivity contribution >= 4 is 78.9 Å². The molecule has 5 rings (SSSR count). The molecule has 36 heavy (non-hydrogen) atoms. The van der Waals surface area contributed by atoms with Gasteiger partial charge in [-0.15, -0.1) is 0 Å². The van der Waals surface area contributed by atoms with Crippen LogP contribution in [0.5, 0.6) is 5.75 Å². The van der Waals surface area contributed by atoms with Gasteiger partial charge in [-0.1, -0.05) is 64.3 Å². The van der Waals surface area contributed by atoms with E-state index in [1.807, 2.05) is 6.92 Å². The molecule has 6 nitrogen and oxygen atoms in total. The number of hydrogen-bond acceptors (Lipinski definition) is 6. The number of fused-ring (bicyclic) bond motifs is 1. The van der Waals surface area contributed by atoms with Gasteiger partial charge < -0.3 is 9.84 Å². The Bertz CT molecular complexity index is 1570. The van der Waals surface area contributed by atoms with E-state index in [2.05, 4.69) is 4.98 Å². The van der Waals surface area contributed by atoms with E-state index < -0.39 is 17.7 Å². The molecule has 2 heterocycles. The minimum atomic E-state index is -0.994. The molecular weight excluding hydrogens is 543 g/mol. The van der Waals surface area contributed by atoms with Crippen LogP contribution in [0.3, 0.4) is 0 Å². The molecule has 10 heteroatoms. The Morgan fingerprint density at radius 1 is 1.06 bits per heavy atom. The molecule has 1 aliphatic heterocycles. The van der Waals surface area contributed by atoms with Crippen molar-refractivity contribution in [3.05, 3.63) is 92.4 Å². The normalized spacial score (nSPS) is 17.2. The first-order valence-corrected chi connectivity index (χ1v) is 12.8. The van der Waals surface area contributed by atoms with Gasteiger partial charge in [0.05, 0.1) is 38.5 Å². The zero-order chi connectivity index (χ0) is 25.6. The summed E-state index contributed by atoms with van der Waals surface area (Å²) >= 11 is 19.8. The van der Waals surface area contributed by atoms with Gasteiger partial charge in [-0.3, -0.25) is 14.5 Å². The van der Waals surface area contributed by atoms with Crippen molar-refractivity contribution in [2.75, 3.05) is 11.5 Å². The topological polar surface area (TPSA) is 79.7 Å². The summed E-state index contributed by atoms with van der Waals surface area (Å²) < 4.78 is 6.28. The number of Topliss-reactive ketones (excluding diaryl/α,β-unsaturated/α-hetero) is 1. The van der Waals surface area contributed by atoms with E-state index in [-0.39, 0.29) is 21.5 Å². The molecule has 1 N–H and O–H groups in total. The van der Waals surface area contributed by atoms with Crippen LogP contribution in [-0.4, -0.2) is 28.4 Å². The summed E-state index contributed by atoms with van der Waals surface area (Å²) in [5, 5.41) is 12.7. The second kappa shape index (κ2) is 9.75. The average Bonchev–Trinajstić information content (AvgIpc) is 3.38. The molecule has 1 amide bonds. The maximum absolute atomic E-state index is 13.4. The summed E-state index contributed by atoms with van der Waals surface area (Å²) in [7, 11) is 0. The summed E-state index contributed by atoms with van der Waals surface area (Å²) in [6.07, 6.45) is 0. The van der Waals surface area contributed by atoms with Crippen molar-refractivity contribution in [2.45, 2.75) is 13.0 Å². The number of ether oxygens (including phenoxy) is 1. The molecule has 1 unspecified atom stereocenters. The molecule has 1 fully saturated rings. The van der Waals surface area contributed by atoms with Gasteiger partial charge in [0.1, 0.15) is 11.5 Å². The van der Waals surface area contributed by atoms with E-state index in [1.54, 1.807) is 60.7 Å². The predicted octanol–water partition coefficient (Wildman–Crippen LogP) is 7.28. The Hall–Kier alpha value is -3.10. The molecule has 0 bridgehead atoms. The van der Waals surface area contributed by atoms with Gasteiger partial charge in [-0.05, 0) is 55.0 Å². The second-order valence-corrected chi connectivity index (χ2v) is 10.2. The van der Waals surface area contributed by atoms with Crippen LogP contribution >= 0.6 is 46.1 Å². The molecule has 0 aliphatic carbocycles. The third-order valence-corrected chi connectivity index (χ3v) is 7.66. The number of halogens is 3. The summed E-state index contributed by atoms with van der Waals surface area (Å²) in [5.74, 6) is -1.48. The lowest BCUT2D eigenvalue weighted by Crippen LogP contribution is -2.29. The van der Waals surface area contributed by atoms with Gasteiger partial charge in [0.15, 0.2) is 5.13 Å². The van der Waals surface area contributed by atoms with E-state index in [0.717, 1.165) is 4.70 Å². The van der Waals surface area contributed by atoms with E-state index >= 15 is 0 Å². The summed E-state index contributed by atoms with van der Waals surface area (Å²) in [4.78, 5) is 32.6. The largest absolute Gasteiger partial charge is 0.507 e. The molecule has 1 aliphatic rings. The molecule has 1 saturated heterocycles. The first kappa shape index (κ1) is 24.6. The molecule has 1 atom stereocenters. The number of nitrogens with zero attached hydrogens (tertiary/aromatic N) is 2. The number of anilines is 1. The highest BCUT2D eigenvalue weighted by molar-refractivity contribution is 7.22.